The number of nitrogens with zero attached hydrogens (tertiary/aromatic N) is 4. The summed E-state index contributed by atoms with van der Waals surface area (Å²) in [5, 5.41) is 9.68. The van der Waals surface area contributed by atoms with Gasteiger partial charge in [0.25, 0.3) is 0 Å². The van der Waals surface area contributed by atoms with E-state index in [0.29, 0.717) is 46.2 Å². The predicted octanol–water partition coefficient (Wildman–Crippen LogP) is 7.32. The smallest absolute Gasteiger partial charge is 0.416 e. The van der Waals surface area contributed by atoms with Crippen molar-refractivity contribution in [3.05, 3.63) is 84.2 Å². The summed E-state index contributed by atoms with van der Waals surface area (Å²) in [5.74, 6) is 0.488. The van der Waals surface area contributed by atoms with Crippen molar-refractivity contribution in [1.82, 2.24) is 20.1 Å². The van der Waals surface area contributed by atoms with Gasteiger partial charge in [-0.05, 0) is 100.0 Å². The maximum atomic E-state index is 12.9. The highest BCUT2D eigenvalue weighted by atomic mass is 32.2. The Hall–Kier alpha value is -4.85. The number of halogens is 3. The molecule has 230 valence electrons. The van der Waals surface area contributed by atoms with Crippen LogP contribution in [0.25, 0.3) is 17.1 Å². The van der Waals surface area contributed by atoms with Crippen LogP contribution < -0.4 is 15.4 Å². The fourth-order valence-electron chi connectivity index (χ4n) is 3.54. The van der Waals surface area contributed by atoms with Crippen molar-refractivity contribution in [3.8, 4) is 22.8 Å². The monoisotopic (exact) mass is 626 g/mol. The maximum Gasteiger partial charge on any atom is 0.416 e. The number of nitrogens with one attached hydrogen (secondary N) is 2. The van der Waals surface area contributed by atoms with Crippen LogP contribution >= 0.6 is 12.0 Å². The Labute approximate surface area is 255 Å². The molecule has 44 heavy (non-hydrogen) atoms. The van der Waals surface area contributed by atoms with Crippen LogP contribution in [0, 0.1) is 12.3 Å². The van der Waals surface area contributed by atoms with Crippen molar-refractivity contribution < 1.29 is 31.7 Å². The van der Waals surface area contributed by atoms with E-state index in [1.807, 2.05) is 6.92 Å². The average molecular weight is 627 g/mol. The molecule has 0 atom stereocenters. The molecule has 1 heterocycles. The fraction of sp³-hybridized carbons (Fsp3) is 0.233. The topological polar surface area (TPSA) is 120 Å². The van der Waals surface area contributed by atoms with Gasteiger partial charge in [-0.1, -0.05) is 0 Å². The Morgan fingerprint density at radius 1 is 0.977 bits per heavy atom. The molecule has 0 aliphatic rings. The molecule has 0 unspecified atom stereocenters. The molecule has 0 saturated carbocycles. The summed E-state index contributed by atoms with van der Waals surface area (Å²) in [6, 6.07) is 15.8. The minimum atomic E-state index is -4.43. The van der Waals surface area contributed by atoms with Gasteiger partial charge in [-0.3, -0.25) is 10.1 Å². The van der Waals surface area contributed by atoms with Gasteiger partial charge in [0, 0.05) is 11.3 Å². The summed E-state index contributed by atoms with van der Waals surface area (Å²) < 4.78 is 50.5. The van der Waals surface area contributed by atoms with Gasteiger partial charge in [-0.15, -0.1) is 5.10 Å². The first-order chi connectivity index (χ1) is 20.7. The number of ether oxygens (including phenoxy) is 1. The van der Waals surface area contributed by atoms with Crippen molar-refractivity contribution >= 4 is 40.6 Å². The third kappa shape index (κ3) is 8.37. The van der Waals surface area contributed by atoms with Crippen molar-refractivity contribution in [2.24, 2.45) is 10.4 Å². The van der Waals surface area contributed by atoms with Crippen LogP contribution in [0.3, 0.4) is 0 Å². The number of hydrogen-bond donors (Lipinski definition) is 2. The van der Waals surface area contributed by atoms with Crippen molar-refractivity contribution in [2.75, 3.05) is 12.4 Å². The number of aliphatic imine (C=N–C) groups is 1. The number of hydrogen-bond acceptors (Lipinski definition) is 8. The van der Waals surface area contributed by atoms with E-state index in [1.54, 1.807) is 70.3 Å². The normalized spacial score (nSPS) is 12.0. The number of amidine groups is 1. The second-order valence-corrected chi connectivity index (χ2v) is 11.2. The van der Waals surface area contributed by atoms with Gasteiger partial charge < -0.3 is 14.2 Å². The molecule has 0 fully saturated rings. The summed E-state index contributed by atoms with van der Waals surface area (Å²) >= 11 is 0.634. The van der Waals surface area contributed by atoms with Crippen LogP contribution in [0.2, 0.25) is 0 Å². The van der Waals surface area contributed by atoms with Gasteiger partial charge in [0.1, 0.15) is 24.1 Å². The Morgan fingerprint density at radius 3 is 2.25 bits per heavy atom. The Kier molecular flexibility index (Phi) is 9.62. The van der Waals surface area contributed by atoms with Gasteiger partial charge in [0.15, 0.2) is 5.82 Å². The zero-order valence-corrected chi connectivity index (χ0v) is 25.2. The molecule has 14 heteroatoms. The Bertz CT molecular complexity index is 1660. The third-order valence-electron chi connectivity index (χ3n) is 6.01. The molecular weight excluding hydrogens is 597 g/mol. The molecule has 0 radical (unpaired) electrons. The van der Waals surface area contributed by atoms with Crippen LogP contribution in [0.1, 0.15) is 31.9 Å². The molecule has 0 aliphatic carbocycles. The SMILES string of the molecule is COc1ccc(N=C(NC(=O)Nc2ccc(-c3ncn(-c4ccc(C(F)(F)F)cc4)n3)cc2)SOC(=O)C(C)(C)C)c(C)c1. The molecule has 2 N–H and O–H groups in total. The van der Waals surface area contributed by atoms with Gasteiger partial charge in [0.2, 0.25) is 5.17 Å². The molecule has 0 spiro atoms. The van der Waals surface area contributed by atoms with Crippen LogP contribution in [0.5, 0.6) is 5.75 Å². The first-order valence-corrected chi connectivity index (χ1v) is 13.9. The lowest BCUT2D eigenvalue weighted by Crippen LogP contribution is -2.33. The first-order valence-electron chi connectivity index (χ1n) is 13.1. The van der Waals surface area contributed by atoms with Crippen molar-refractivity contribution in [1.29, 1.82) is 0 Å². The number of anilines is 1. The number of benzene rings is 3. The lowest BCUT2D eigenvalue weighted by molar-refractivity contribution is -0.141. The van der Waals surface area contributed by atoms with Crippen LogP contribution in [0.4, 0.5) is 29.3 Å². The number of carbonyl (C=O) groups is 2. The first kappa shape index (κ1) is 32.1. The molecule has 2 amide bonds. The minimum absolute atomic E-state index is 0.0305. The summed E-state index contributed by atoms with van der Waals surface area (Å²) in [6.45, 7) is 6.95. The summed E-state index contributed by atoms with van der Waals surface area (Å²) in [6.07, 6.45) is -3.03. The van der Waals surface area contributed by atoms with E-state index in [9.17, 15) is 22.8 Å². The largest absolute Gasteiger partial charge is 0.497 e. The summed E-state index contributed by atoms with van der Waals surface area (Å²) in [5.41, 5.74) is 1.26. The number of aromatic nitrogens is 3. The van der Waals surface area contributed by atoms with Gasteiger partial charge in [-0.2, -0.15) is 13.2 Å². The molecule has 0 saturated heterocycles. The lowest BCUT2D eigenvalue weighted by atomic mass is 9.98. The van der Waals surface area contributed by atoms with E-state index < -0.39 is 29.2 Å². The highest BCUT2D eigenvalue weighted by Gasteiger charge is 2.30. The Balaban J connectivity index is 1.44. The van der Waals surface area contributed by atoms with Gasteiger partial charge >= 0.3 is 18.2 Å². The minimum Gasteiger partial charge on any atom is -0.497 e. The van der Waals surface area contributed by atoms with E-state index in [1.165, 1.54) is 23.1 Å². The van der Waals surface area contributed by atoms with E-state index in [0.717, 1.165) is 17.7 Å². The van der Waals surface area contributed by atoms with E-state index in [-0.39, 0.29) is 5.17 Å². The second kappa shape index (κ2) is 13.2. The molecule has 0 aliphatic heterocycles. The van der Waals surface area contributed by atoms with Crippen LogP contribution in [-0.2, 0) is 15.2 Å². The number of amides is 2. The predicted molar refractivity (Wildman–Crippen MR) is 162 cm³/mol. The van der Waals surface area contributed by atoms with E-state index >= 15 is 0 Å². The maximum absolute atomic E-state index is 12.9. The van der Waals surface area contributed by atoms with Crippen LogP contribution in [0.15, 0.2) is 78.0 Å². The van der Waals surface area contributed by atoms with Crippen LogP contribution in [-0.4, -0.2) is 39.0 Å². The molecule has 3 aromatic carbocycles. The van der Waals surface area contributed by atoms with E-state index in [2.05, 4.69) is 25.7 Å². The van der Waals surface area contributed by atoms with Gasteiger partial charge in [0.05, 0.1) is 29.5 Å². The number of aryl methyl sites for hydroxylation is 1. The molecule has 4 aromatic rings. The molecule has 4 rings (SSSR count). The summed E-state index contributed by atoms with van der Waals surface area (Å²) in [4.78, 5) is 33.9. The molecule has 1 aromatic heterocycles. The molecular formula is C30H29F3N6O4S. The average Bonchev–Trinajstić information content (AvgIpc) is 3.46. The molecule has 0 bridgehead atoms. The number of methoxy groups -OCH3 is 1. The zero-order chi connectivity index (χ0) is 32.1. The summed E-state index contributed by atoms with van der Waals surface area (Å²) in [7, 11) is 1.55. The highest BCUT2D eigenvalue weighted by Crippen LogP contribution is 2.30. The second-order valence-electron chi connectivity index (χ2n) is 10.5. The fourth-order valence-corrected chi connectivity index (χ4v) is 4.22. The highest BCUT2D eigenvalue weighted by molar-refractivity contribution is 8.10. The third-order valence-corrected chi connectivity index (χ3v) is 6.59. The van der Waals surface area contributed by atoms with Gasteiger partial charge in [-0.25, -0.2) is 19.5 Å². The zero-order valence-electron chi connectivity index (χ0n) is 24.4. The number of alkyl halides is 3. The lowest BCUT2D eigenvalue weighted by Gasteiger charge is -2.16. The Morgan fingerprint density at radius 2 is 1.66 bits per heavy atom. The van der Waals surface area contributed by atoms with E-state index in [4.69, 9.17) is 8.92 Å². The number of carbonyl (C=O) groups excluding carboxylic acids is 2. The quantitative estimate of drug-likeness (QED) is 0.135. The number of urea groups is 1. The van der Waals surface area contributed by atoms with Crippen molar-refractivity contribution in [3.63, 3.8) is 0 Å². The standard InChI is InChI=1S/C30H29F3N6O4S/c1-18-16-23(42-5)14-15-24(18)36-28(44-43-26(40)29(2,3)4)37-27(41)35-21-10-6-19(7-11-21)25-34-17-39(38-25)22-12-8-20(9-13-22)30(31,32)33/h6-17H,1-5H3,(H2,35,36,37,41). The van der Waals surface area contributed by atoms with Crippen molar-refractivity contribution in [2.45, 2.75) is 33.9 Å². The number of rotatable bonds is 5. The molecule has 10 nitrogen and oxygen atoms in total.